The molecule has 1 aromatic heterocycles. The lowest BCUT2D eigenvalue weighted by atomic mass is 10.1. The summed E-state index contributed by atoms with van der Waals surface area (Å²) in [5.41, 5.74) is 1.49. The zero-order chi connectivity index (χ0) is 11.5. The Labute approximate surface area is 92.9 Å². The number of aromatic hydroxyl groups is 1. The van der Waals surface area contributed by atoms with E-state index in [-0.39, 0.29) is 18.1 Å². The lowest BCUT2D eigenvalue weighted by molar-refractivity contribution is -0.142. The molecule has 0 atom stereocenters. The number of rotatable bonds is 3. The van der Waals surface area contributed by atoms with Crippen LogP contribution in [0.2, 0.25) is 0 Å². The smallest absolute Gasteiger partial charge is 0.310 e. The van der Waals surface area contributed by atoms with Gasteiger partial charge in [-0.3, -0.25) is 4.79 Å². The molecule has 0 aliphatic heterocycles. The molecule has 0 amide bonds. The molecule has 0 saturated carbocycles. The first-order valence-electron chi connectivity index (χ1n) is 5.16. The van der Waals surface area contributed by atoms with E-state index in [0.717, 1.165) is 10.9 Å². The van der Waals surface area contributed by atoms with Gasteiger partial charge in [0, 0.05) is 11.6 Å². The van der Waals surface area contributed by atoms with Gasteiger partial charge in [0.2, 0.25) is 0 Å². The molecule has 1 aromatic carbocycles. The molecule has 0 radical (unpaired) electrons. The lowest BCUT2D eigenvalue weighted by Crippen LogP contribution is -2.06. The SMILES string of the molecule is CCOC(=O)Cc1c[nH]c2c(O)cccc12. The first kappa shape index (κ1) is 10.5. The molecule has 0 bridgehead atoms. The first-order valence-corrected chi connectivity index (χ1v) is 5.16. The van der Waals surface area contributed by atoms with Crippen molar-refractivity contribution in [3.63, 3.8) is 0 Å². The molecular formula is C12H13NO3. The fourth-order valence-electron chi connectivity index (χ4n) is 1.71. The number of benzene rings is 1. The van der Waals surface area contributed by atoms with E-state index in [1.807, 2.05) is 6.07 Å². The van der Waals surface area contributed by atoms with Crippen molar-refractivity contribution in [2.24, 2.45) is 0 Å². The molecule has 2 aromatic rings. The number of hydrogen-bond donors (Lipinski definition) is 2. The van der Waals surface area contributed by atoms with Gasteiger partial charge in [-0.1, -0.05) is 12.1 Å². The highest BCUT2D eigenvalue weighted by atomic mass is 16.5. The van der Waals surface area contributed by atoms with E-state index in [2.05, 4.69) is 4.98 Å². The molecule has 1 heterocycles. The van der Waals surface area contributed by atoms with Crippen molar-refractivity contribution in [2.75, 3.05) is 6.61 Å². The van der Waals surface area contributed by atoms with Crippen molar-refractivity contribution in [3.8, 4) is 5.75 Å². The number of aromatic amines is 1. The highest BCUT2D eigenvalue weighted by Crippen LogP contribution is 2.26. The van der Waals surface area contributed by atoms with E-state index in [9.17, 15) is 9.90 Å². The van der Waals surface area contributed by atoms with Gasteiger partial charge in [-0.05, 0) is 18.6 Å². The summed E-state index contributed by atoms with van der Waals surface area (Å²) in [6, 6.07) is 5.22. The minimum absolute atomic E-state index is 0.188. The summed E-state index contributed by atoms with van der Waals surface area (Å²) in [6.45, 7) is 2.16. The van der Waals surface area contributed by atoms with Gasteiger partial charge in [0.1, 0.15) is 5.75 Å². The second-order valence-corrected chi connectivity index (χ2v) is 3.50. The van der Waals surface area contributed by atoms with Crippen LogP contribution in [0.4, 0.5) is 0 Å². The van der Waals surface area contributed by atoms with Gasteiger partial charge in [0.05, 0.1) is 18.5 Å². The highest BCUT2D eigenvalue weighted by molar-refractivity contribution is 5.90. The molecule has 0 aliphatic rings. The second-order valence-electron chi connectivity index (χ2n) is 3.50. The van der Waals surface area contributed by atoms with Gasteiger partial charge in [-0.15, -0.1) is 0 Å². The largest absolute Gasteiger partial charge is 0.506 e. The van der Waals surface area contributed by atoms with Crippen LogP contribution in [-0.2, 0) is 16.0 Å². The van der Waals surface area contributed by atoms with Crippen molar-refractivity contribution in [1.82, 2.24) is 4.98 Å². The number of phenolic OH excluding ortho intramolecular Hbond substituents is 1. The number of ether oxygens (including phenoxy) is 1. The molecule has 2 rings (SSSR count). The number of carbonyl (C=O) groups excluding carboxylic acids is 1. The highest BCUT2D eigenvalue weighted by Gasteiger charge is 2.10. The van der Waals surface area contributed by atoms with E-state index >= 15 is 0 Å². The van der Waals surface area contributed by atoms with Crippen molar-refractivity contribution in [2.45, 2.75) is 13.3 Å². The van der Waals surface area contributed by atoms with Crippen LogP contribution in [0.1, 0.15) is 12.5 Å². The Hall–Kier alpha value is -1.97. The lowest BCUT2D eigenvalue weighted by Gasteiger charge is -2.00. The van der Waals surface area contributed by atoms with Crippen molar-refractivity contribution < 1.29 is 14.6 Å². The Morgan fingerprint density at radius 1 is 1.50 bits per heavy atom. The number of fused-ring (bicyclic) bond motifs is 1. The molecule has 0 aliphatic carbocycles. The predicted molar refractivity (Wildman–Crippen MR) is 60.3 cm³/mol. The van der Waals surface area contributed by atoms with E-state index in [1.54, 1.807) is 25.3 Å². The van der Waals surface area contributed by atoms with Crippen LogP contribution in [0.25, 0.3) is 10.9 Å². The minimum atomic E-state index is -0.258. The van der Waals surface area contributed by atoms with Gasteiger partial charge >= 0.3 is 5.97 Å². The normalized spacial score (nSPS) is 10.6. The van der Waals surface area contributed by atoms with Gasteiger partial charge in [0.25, 0.3) is 0 Å². The first-order chi connectivity index (χ1) is 7.72. The van der Waals surface area contributed by atoms with Crippen LogP contribution in [0.15, 0.2) is 24.4 Å². The quantitative estimate of drug-likeness (QED) is 0.776. The fraction of sp³-hybridized carbons (Fsp3) is 0.250. The topological polar surface area (TPSA) is 62.3 Å². The third-order valence-corrected chi connectivity index (χ3v) is 2.42. The molecule has 0 saturated heterocycles. The summed E-state index contributed by atoms with van der Waals surface area (Å²) in [5, 5.41) is 10.4. The molecule has 16 heavy (non-hydrogen) atoms. The summed E-state index contributed by atoms with van der Waals surface area (Å²) in [7, 11) is 0. The number of aromatic nitrogens is 1. The summed E-state index contributed by atoms with van der Waals surface area (Å²) in [6.07, 6.45) is 1.94. The molecule has 0 unspecified atom stereocenters. The monoisotopic (exact) mass is 219 g/mol. The summed E-state index contributed by atoms with van der Waals surface area (Å²) < 4.78 is 4.88. The maximum atomic E-state index is 11.3. The second kappa shape index (κ2) is 4.26. The average Bonchev–Trinajstić information content (AvgIpc) is 2.64. The summed E-state index contributed by atoms with van der Waals surface area (Å²) in [4.78, 5) is 14.3. The van der Waals surface area contributed by atoms with Crippen molar-refractivity contribution in [3.05, 3.63) is 30.0 Å². The fourth-order valence-corrected chi connectivity index (χ4v) is 1.71. The number of H-pyrrole nitrogens is 1. The Balaban J connectivity index is 2.32. The number of phenols is 1. The Kier molecular flexibility index (Phi) is 2.81. The van der Waals surface area contributed by atoms with E-state index in [0.29, 0.717) is 12.1 Å². The number of nitrogens with one attached hydrogen (secondary N) is 1. The van der Waals surface area contributed by atoms with Crippen LogP contribution >= 0.6 is 0 Å². The van der Waals surface area contributed by atoms with Crippen LogP contribution in [0.3, 0.4) is 0 Å². The summed E-state index contributed by atoms with van der Waals surface area (Å²) in [5.74, 6) is -0.0700. The van der Waals surface area contributed by atoms with Crippen molar-refractivity contribution >= 4 is 16.9 Å². The average molecular weight is 219 g/mol. The van der Waals surface area contributed by atoms with Crippen LogP contribution in [-0.4, -0.2) is 22.7 Å². The Morgan fingerprint density at radius 3 is 3.06 bits per heavy atom. The molecule has 0 fully saturated rings. The number of esters is 1. The molecular weight excluding hydrogens is 206 g/mol. The van der Waals surface area contributed by atoms with Crippen molar-refractivity contribution in [1.29, 1.82) is 0 Å². The van der Waals surface area contributed by atoms with E-state index < -0.39 is 0 Å². The number of carbonyl (C=O) groups is 1. The van der Waals surface area contributed by atoms with Crippen LogP contribution in [0.5, 0.6) is 5.75 Å². The van der Waals surface area contributed by atoms with E-state index in [1.165, 1.54) is 0 Å². The zero-order valence-corrected chi connectivity index (χ0v) is 8.99. The third kappa shape index (κ3) is 1.86. The van der Waals surface area contributed by atoms with Gasteiger partial charge in [0.15, 0.2) is 0 Å². The molecule has 84 valence electrons. The minimum Gasteiger partial charge on any atom is -0.506 e. The standard InChI is InChI=1S/C12H13NO3/c1-2-16-11(15)6-8-7-13-12-9(8)4-3-5-10(12)14/h3-5,7,13-14H,2,6H2,1H3. The molecule has 0 spiro atoms. The van der Waals surface area contributed by atoms with E-state index in [4.69, 9.17) is 4.74 Å². The van der Waals surface area contributed by atoms with Gasteiger partial charge in [-0.25, -0.2) is 0 Å². The number of hydrogen-bond acceptors (Lipinski definition) is 3. The molecule has 2 N–H and O–H groups in total. The maximum Gasteiger partial charge on any atom is 0.310 e. The Morgan fingerprint density at radius 2 is 2.31 bits per heavy atom. The van der Waals surface area contributed by atoms with Crippen LogP contribution in [0, 0.1) is 0 Å². The predicted octanol–water partition coefficient (Wildman–Crippen LogP) is 1.98. The molecule has 4 heteroatoms. The zero-order valence-electron chi connectivity index (χ0n) is 8.99. The maximum absolute atomic E-state index is 11.3. The number of para-hydroxylation sites is 1. The summed E-state index contributed by atoms with van der Waals surface area (Å²) >= 11 is 0. The Bertz CT molecular complexity index is 516. The molecule has 4 nitrogen and oxygen atoms in total. The van der Waals surface area contributed by atoms with Gasteiger partial charge < -0.3 is 14.8 Å². The van der Waals surface area contributed by atoms with Crippen LogP contribution < -0.4 is 0 Å². The third-order valence-electron chi connectivity index (χ3n) is 2.42. The van der Waals surface area contributed by atoms with Gasteiger partial charge in [-0.2, -0.15) is 0 Å².